The molecular formula is C35H29ClFN5O3. The van der Waals surface area contributed by atoms with Crippen LogP contribution < -0.4 is 10.6 Å². The fraction of sp³-hybridized carbons (Fsp3) is 0.200. The van der Waals surface area contributed by atoms with E-state index in [9.17, 15) is 14.3 Å². The Hall–Kier alpha value is -4.54. The van der Waals surface area contributed by atoms with E-state index in [1.54, 1.807) is 24.3 Å². The van der Waals surface area contributed by atoms with Crippen LogP contribution in [0.1, 0.15) is 34.9 Å². The first kappa shape index (κ1) is 29.2. The van der Waals surface area contributed by atoms with E-state index in [1.807, 2.05) is 42.5 Å². The Balaban J connectivity index is 1.27. The normalized spacial score (nSPS) is 15.8. The molecule has 2 aromatic heterocycles. The van der Waals surface area contributed by atoms with Gasteiger partial charge in [0.15, 0.2) is 0 Å². The molecule has 0 radical (unpaired) electrons. The van der Waals surface area contributed by atoms with Crippen LogP contribution in [0.2, 0.25) is 5.02 Å². The number of rotatable bonds is 7. The summed E-state index contributed by atoms with van der Waals surface area (Å²) in [6, 6.07) is 23.3. The van der Waals surface area contributed by atoms with E-state index in [2.05, 4.69) is 20.6 Å². The number of hydrogen-bond acceptors (Lipinski definition) is 7. The number of pyridine rings is 1. The third kappa shape index (κ3) is 6.08. The monoisotopic (exact) mass is 621 g/mol. The van der Waals surface area contributed by atoms with Crippen molar-refractivity contribution in [3.8, 4) is 11.3 Å². The van der Waals surface area contributed by atoms with Gasteiger partial charge in [-0.2, -0.15) is 0 Å². The number of aromatic nitrogens is 3. The first-order valence-corrected chi connectivity index (χ1v) is 15.1. The van der Waals surface area contributed by atoms with Gasteiger partial charge in [-0.3, -0.25) is 4.79 Å². The topological polar surface area (TPSA) is 109 Å². The van der Waals surface area contributed by atoms with Gasteiger partial charge in [0.2, 0.25) is 0 Å². The summed E-state index contributed by atoms with van der Waals surface area (Å²) in [5.41, 5.74) is 4.74. The number of halogens is 2. The van der Waals surface area contributed by atoms with Crippen molar-refractivity contribution in [2.24, 2.45) is 0 Å². The fourth-order valence-corrected chi connectivity index (χ4v) is 5.99. The van der Waals surface area contributed by atoms with Gasteiger partial charge in [-0.1, -0.05) is 29.8 Å². The van der Waals surface area contributed by atoms with Gasteiger partial charge in [0.25, 0.3) is 5.91 Å². The third-order valence-corrected chi connectivity index (χ3v) is 8.46. The molecule has 226 valence electrons. The molecule has 2 atom stereocenters. The van der Waals surface area contributed by atoms with E-state index in [0.717, 1.165) is 28.4 Å². The molecule has 1 fully saturated rings. The Labute approximate surface area is 263 Å². The van der Waals surface area contributed by atoms with E-state index >= 15 is 0 Å². The average Bonchev–Trinajstić information content (AvgIpc) is 3.07. The van der Waals surface area contributed by atoms with Crippen LogP contribution in [-0.4, -0.2) is 51.8 Å². The maximum Gasteiger partial charge on any atom is 0.255 e. The fourth-order valence-electron chi connectivity index (χ4n) is 5.81. The van der Waals surface area contributed by atoms with Gasteiger partial charge in [0.1, 0.15) is 12.1 Å². The van der Waals surface area contributed by atoms with Gasteiger partial charge in [0, 0.05) is 51.1 Å². The van der Waals surface area contributed by atoms with E-state index < -0.39 is 11.9 Å². The lowest BCUT2D eigenvalue weighted by Crippen LogP contribution is -2.41. The largest absolute Gasteiger partial charge is 0.388 e. The SMILES string of the molecule is O=C(Nc1cc2c(-c3ccc(F)c(Cl)c3)ncnc2cc1C(O)CCC1COCCN1)c1ccc2nc3ccccc3cc2c1. The second-order valence-electron chi connectivity index (χ2n) is 11.2. The molecular weight excluding hydrogens is 593 g/mol. The number of anilines is 1. The molecule has 0 saturated carbocycles. The highest BCUT2D eigenvalue weighted by Gasteiger charge is 2.22. The molecule has 1 amide bonds. The number of nitrogens with zero attached hydrogens (tertiary/aromatic N) is 3. The van der Waals surface area contributed by atoms with Crippen molar-refractivity contribution < 1.29 is 19.0 Å². The quantitative estimate of drug-likeness (QED) is 0.167. The number of ether oxygens (including phenoxy) is 1. The molecule has 6 aromatic rings. The Kier molecular flexibility index (Phi) is 8.08. The summed E-state index contributed by atoms with van der Waals surface area (Å²) in [6.07, 6.45) is 1.65. The predicted octanol–water partition coefficient (Wildman–Crippen LogP) is 6.85. The number of amides is 1. The Morgan fingerprint density at radius 2 is 1.89 bits per heavy atom. The zero-order valence-corrected chi connectivity index (χ0v) is 24.9. The van der Waals surface area contributed by atoms with E-state index in [1.165, 1.54) is 18.5 Å². The lowest BCUT2D eigenvalue weighted by molar-refractivity contribution is 0.0663. The van der Waals surface area contributed by atoms with Crippen LogP contribution in [0.3, 0.4) is 0 Å². The smallest absolute Gasteiger partial charge is 0.255 e. The summed E-state index contributed by atoms with van der Waals surface area (Å²) in [5.74, 6) is -0.878. The van der Waals surface area contributed by atoms with Crippen molar-refractivity contribution in [1.82, 2.24) is 20.3 Å². The van der Waals surface area contributed by atoms with Gasteiger partial charge in [-0.25, -0.2) is 19.3 Å². The number of morpholine rings is 1. The number of carbonyl (C=O) groups excluding carboxylic acids is 1. The lowest BCUT2D eigenvalue weighted by Gasteiger charge is -2.25. The minimum absolute atomic E-state index is 0.0290. The van der Waals surface area contributed by atoms with Crippen LogP contribution in [-0.2, 0) is 4.74 Å². The van der Waals surface area contributed by atoms with Gasteiger partial charge >= 0.3 is 0 Å². The highest BCUT2D eigenvalue weighted by molar-refractivity contribution is 6.31. The van der Waals surface area contributed by atoms with Crippen LogP contribution in [0.15, 0.2) is 85.2 Å². The standard InChI is InChI=1S/C35H29ClFN5O3/c36-27-15-21(5-8-28(27)37)34-26-17-32(25(16-31(26)39-19-40-34)33(43)10-7-24-18-45-12-11-38-24)42-35(44)22-6-9-30-23(14-22)13-20-3-1-2-4-29(20)41-30/h1-6,8-9,13-17,19,24,33,38,43H,7,10-12,18H2,(H,42,44). The second kappa shape index (κ2) is 12.5. The molecule has 8 nitrogen and oxygen atoms in total. The minimum atomic E-state index is -0.890. The van der Waals surface area contributed by atoms with Crippen LogP contribution in [0, 0.1) is 5.82 Å². The predicted molar refractivity (Wildman–Crippen MR) is 174 cm³/mol. The zero-order valence-electron chi connectivity index (χ0n) is 24.1. The molecule has 2 unspecified atom stereocenters. The molecule has 1 aliphatic rings. The molecule has 0 spiro atoms. The lowest BCUT2D eigenvalue weighted by atomic mass is 9.96. The Morgan fingerprint density at radius 3 is 2.73 bits per heavy atom. The molecule has 1 aliphatic heterocycles. The van der Waals surface area contributed by atoms with Gasteiger partial charge in [-0.05, 0) is 73.5 Å². The van der Waals surface area contributed by atoms with Gasteiger partial charge in [0.05, 0.1) is 46.6 Å². The summed E-state index contributed by atoms with van der Waals surface area (Å²) < 4.78 is 19.5. The van der Waals surface area contributed by atoms with Crippen LogP contribution >= 0.6 is 11.6 Å². The zero-order chi connectivity index (χ0) is 30.9. The Morgan fingerprint density at radius 1 is 1.02 bits per heavy atom. The number of nitrogens with one attached hydrogen (secondary N) is 2. The number of aliphatic hydroxyl groups excluding tert-OH is 1. The molecule has 4 aromatic carbocycles. The summed E-state index contributed by atoms with van der Waals surface area (Å²) >= 11 is 6.10. The van der Waals surface area contributed by atoms with E-state index in [0.29, 0.717) is 65.0 Å². The van der Waals surface area contributed by atoms with Gasteiger partial charge in [-0.15, -0.1) is 0 Å². The molecule has 10 heteroatoms. The van der Waals surface area contributed by atoms with E-state index in [4.69, 9.17) is 21.3 Å². The average molecular weight is 622 g/mol. The van der Waals surface area contributed by atoms with Crippen molar-refractivity contribution in [3.63, 3.8) is 0 Å². The van der Waals surface area contributed by atoms with E-state index in [-0.39, 0.29) is 17.0 Å². The number of aliphatic hydroxyl groups is 1. The molecule has 0 bridgehead atoms. The van der Waals surface area contributed by atoms with Gasteiger partial charge < -0.3 is 20.5 Å². The van der Waals surface area contributed by atoms with Crippen molar-refractivity contribution in [2.75, 3.05) is 25.1 Å². The second-order valence-corrected chi connectivity index (χ2v) is 11.6. The van der Waals surface area contributed by atoms with Crippen molar-refractivity contribution in [1.29, 1.82) is 0 Å². The Bertz CT molecular complexity index is 2070. The highest BCUT2D eigenvalue weighted by atomic mass is 35.5. The summed E-state index contributed by atoms with van der Waals surface area (Å²) in [4.78, 5) is 27.4. The van der Waals surface area contributed by atoms with Crippen molar-refractivity contribution in [3.05, 3.63) is 107 Å². The van der Waals surface area contributed by atoms with Crippen molar-refractivity contribution in [2.45, 2.75) is 25.0 Å². The number of hydrogen-bond donors (Lipinski definition) is 3. The maximum atomic E-state index is 14.0. The van der Waals surface area contributed by atoms with Crippen LogP contribution in [0.25, 0.3) is 44.0 Å². The number of para-hydroxylation sites is 1. The molecule has 45 heavy (non-hydrogen) atoms. The number of fused-ring (bicyclic) bond motifs is 3. The maximum absolute atomic E-state index is 14.0. The van der Waals surface area contributed by atoms with Crippen molar-refractivity contribution >= 4 is 55.9 Å². The first-order chi connectivity index (χ1) is 21.9. The van der Waals surface area contributed by atoms with Crippen LogP contribution in [0.4, 0.5) is 10.1 Å². The first-order valence-electron chi connectivity index (χ1n) is 14.8. The molecule has 7 rings (SSSR count). The highest BCUT2D eigenvalue weighted by Crippen LogP contribution is 2.35. The number of carbonyl (C=O) groups is 1. The molecule has 3 N–H and O–H groups in total. The molecule has 1 saturated heterocycles. The molecule has 3 heterocycles. The van der Waals surface area contributed by atoms with Crippen LogP contribution in [0.5, 0.6) is 0 Å². The number of benzene rings is 4. The minimum Gasteiger partial charge on any atom is -0.388 e. The third-order valence-electron chi connectivity index (χ3n) is 8.17. The summed E-state index contributed by atoms with van der Waals surface area (Å²) in [5, 5.41) is 20.3. The molecule has 0 aliphatic carbocycles. The summed E-state index contributed by atoms with van der Waals surface area (Å²) in [6.45, 7) is 2.02. The summed E-state index contributed by atoms with van der Waals surface area (Å²) in [7, 11) is 0.